The first-order valence-corrected chi connectivity index (χ1v) is 9.40. The van der Waals surface area contributed by atoms with E-state index in [4.69, 9.17) is 48.7 Å². The monoisotopic (exact) mass is 403 g/mol. The SMILES string of the molecule is Clc1cc(Cl)c(OCc2ccc(CCCN3CCOCC3)o2)c(Cl)c1. The zero-order valence-electron chi connectivity index (χ0n) is 13.8. The Morgan fingerprint density at radius 3 is 2.40 bits per heavy atom. The van der Waals surface area contributed by atoms with E-state index in [1.54, 1.807) is 12.1 Å². The van der Waals surface area contributed by atoms with Crippen LogP contribution in [0.4, 0.5) is 0 Å². The highest BCUT2D eigenvalue weighted by molar-refractivity contribution is 6.40. The van der Waals surface area contributed by atoms with E-state index in [9.17, 15) is 0 Å². The van der Waals surface area contributed by atoms with E-state index in [2.05, 4.69) is 4.90 Å². The third-order valence-corrected chi connectivity index (χ3v) is 4.82. The van der Waals surface area contributed by atoms with Crippen molar-refractivity contribution in [1.82, 2.24) is 4.90 Å². The molecular formula is C18H20Cl3NO3. The highest BCUT2D eigenvalue weighted by atomic mass is 35.5. The Labute approximate surface area is 162 Å². The summed E-state index contributed by atoms with van der Waals surface area (Å²) in [5.41, 5.74) is 0. The quantitative estimate of drug-likeness (QED) is 0.644. The van der Waals surface area contributed by atoms with Gasteiger partial charge in [0.05, 0.1) is 23.3 Å². The van der Waals surface area contributed by atoms with Gasteiger partial charge in [-0.05, 0) is 37.2 Å². The summed E-state index contributed by atoms with van der Waals surface area (Å²) in [7, 11) is 0. The molecule has 0 unspecified atom stereocenters. The Balaban J connectivity index is 1.47. The normalized spacial score (nSPS) is 15.5. The van der Waals surface area contributed by atoms with Crippen LogP contribution < -0.4 is 4.74 Å². The number of morpholine rings is 1. The molecule has 25 heavy (non-hydrogen) atoms. The predicted molar refractivity (Wildman–Crippen MR) is 100 cm³/mol. The Bertz CT molecular complexity index is 676. The molecule has 0 spiro atoms. The first kappa shape index (κ1) is 18.9. The van der Waals surface area contributed by atoms with E-state index in [0.717, 1.165) is 57.2 Å². The maximum atomic E-state index is 6.11. The van der Waals surface area contributed by atoms with Crippen molar-refractivity contribution in [3.8, 4) is 5.75 Å². The number of hydrogen-bond donors (Lipinski definition) is 0. The molecule has 136 valence electrons. The molecule has 1 aromatic heterocycles. The molecule has 0 N–H and O–H groups in total. The van der Waals surface area contributed by atoms with Gasteiger partial charge < -0.3 is 13.9 Å². The van der Waals surface area contributed by atoms with Crippen molar-refractivity contribution < 1.29 is 13.9 Å². The predicted octanol–water partition coefficient (Wildman–Crippen LogP) is 5.08. The van der Waals surface area contributed by atoms with Crippen LogP contribution in [-0.2, 0) is 17.8 Å². The summed E-state index contributed by atoms with van der Waals surface area (Å²) in [4.78, 5) is 2.42. The number of furan rings is 1. The average Bonchev–Trinajstić information content (AvgIpc) is 3.03. The maximum Gasteiger partial charge on any atom is 0.157 e. The largest absolute Gasteiger partial charge is 0.483 e. The van der Waals surface area contributed by atoms with Gasteiger partial charge in [-0.25, -0.2) is 0 Å². The van der Waals surface area contributed by atoms with Crippen molar-refractivity contribution in [2.45, 2.75) is 19.4 Å². The van der Waals surface area contributed by atoms with Gasteiger partial charge in [-0.3, -0.25) is 4.90 Å². The van der Waals surface area contributed by atoms with Crippen LogP contribution in [0, 0.1) is 0 Å². The second-order valence-corrected chi connectivity index (χ2v) is 7.16. The first-order valence-electron chi connectivity index (χ1n) is 8.27. The minimum Gasteiger partial charge on any atom is -0.483 e. The number of rotatable bonds is 7. The summed E-state index contributed by atoms with van der Waals surface area (Å²) in [6.45, 7) is 5.02. The van der Waals surface area contributed by atoms with Crippen LogP contribution in [0.25, 0.3) is 0 Å². The van der Waals surface area contributed by atoms with Crippen molar-refractivity contribution in [3.05, 3.63) is 50.9 Å². The van der Waals surface area contributed by atoms with Gasteiger partial charge in [0.1, 0.15) is 18.1 Å². The van der Waals surface area contributed by atoms with E-state index in [1.807, 2.05) is 12.1 Å². The molecule has 0 radical (unpaired) electrons. The second kappa shape index (κ2) is 9.15. The van der Waals surface area contributed by atoms with Crippen LogP contribution in [0.3, 0.4) is 0 Å². The van der Waals surface area contributed by atoms with Crippen LogP contribution in [0.2, 0.25) is 15.1 Å². The van der Waals surface area contributed by atoms with Gasteiger partial charge in [-0.1, -0.05) is 34.8 Å². The molecule has 1 aliphatic rings. The molecule has 0 bridgehead atoms. The lowest BCUT2D eigenvalue weighted by Crippen LogP contribution is -2.36. The minimum absolute atomic E-state index is 0.268. The minimum atomic E-state index is 0.268. The number of ether oxygens (including phenoxy) is 2. The summed E-state index contributed by atoms with van der Waals surface area (Å²) in [5.74, 6) is 2.11. The molecule has 4 nitrogen and oxygen atoms in total. The fraction of sp³-hybridized carbons (Fsp3) is 0.444. The van der Waals surface area contributed by atoms with Gasteiger partial charge in [0.15, 0.2) is 5.75 Å². The highest BCUT2D eigenvalue weighted by Crippen LogP contribution is 2.36. The van der Waals surface area contributed by atoms with E-state index in [1.165, 1.54) is 0 Å². The van der Waals surface area contributed by atoms with Gasteiger partial charge in [0.2, 0.25) is 0 Å². The Kier molecular flexibility index (Phi) is 6.91. The lowest BCUT2D eigenvalue weighted by Gasteiger charge is -2.26. The molecule has 1 saturated heterocycles. The topological polar surface area (TPSA) is 34.8 Å². The maximum absolute atomic E-state index is 6.11. The van der Waals surface area contributed by atoms with Crippen LogP contribution >= 0.6 is 34.8 Å². The third-order valence-electron chi connectivity index (χ3n) is 4.04. The van der Waals surface area contributed by atoms with Gasteiger partial charge in [0.25, 0.3) is 0 Å². The molecule has 0 amide bonds. The molecular weight excluding hydrogens is 385 g/mol. The van der Waals surface area contributed by atoms with E-state index < -0.39 is 0 Å². The van der Waals surface area contributed by atoms with Crippen molar-refractivity contribution >= 4 is 34.8 Å². The molecule has 1 aliphatic heterocycles. The van der Waals surface area contributed by atoms with E-state index in [0.29, 0.717) is 20.8 Å². The first-order chi connectivity index (χ1) is 12.1. The summed E-state index contributed by atoms with van der Waals surface area (Å²) in [5, 5.41) is 1.24. The smallest absolute Gasteiger partial charge is 0.157 e. The number of halogens is 3. The van der Waals surface area contributed by atoms with Crippen molar-refractivity contribution in [1.29, 1.82) is 0 Å². The third kappa shape index (κ3) is 5.53. The molecule has 2 heterocycles. The van der Waals surface area contributed by atoms with Crippen molar-refractivity contribution in [2.75, 3.05) is 32.8 Å². The lowest BCUT2D eigenvalue weighted by molar-refractivity contribution is 0.0373. The fourth-order valence-electron chi connectivity index (χ4n) is 2.75. The van der Waals surface area contributed by atoms with Crippen molar-refractivity contribution in [3.63, 3.8) is 0 Å². The second-order valence-electron chi connectivity index (χ2n) is 5.91. The van der Waals surface area contributed by atoms with Gasteiger partial charge in [0, 0.05) is 24.5 Å². The molecule has 0 atom stereocenters. The summed E-state index contributed by atoms with van der Waals surface area (Å²) < 4.78 is 16.9. The van der Waals surface area contributed by atoms with Gasteiger partial charge >= 0.3 is 0 Å². The zero-order valence-corrected chi connectivity index (χ0v) is 16.0. The molecule has 1 fully saturated rings. The Morgan fingerprint density at radius 2 is 1.68 bits per heavy atom. The molecule has 1 aromatic carbocycles. The molecule has 7 heteroatoms. The molecule has 0 aliphatic carbocycles. The van der Waals surface area contributed by atoms with Crippen LogP contribution in [-0.4, -0.2) is 37.7 Å². The van der Waals surface area contributed by atoms with Gasteiger partial charge in [-0.2, -0.15) is 0 Å². The Hall–Kier alpha value is -0.910. The Morgan fingerprint density at radius 1 is 1.00 bits per heavy atom. The van der Waals surface area contributed by atoms with Crippen molar-refractivity contribution in [2.24, 2.45) is 0 Å². The van der Waals surface area contributed by atoms with Gasteiger partial charge in [-0.15, -0.1) is 0 Å². The zero-order chi connectivity index (χ0) is 17.6. The summed E-state index contributed by atoms with van der Waals surface area (Å²) in [6.07, 6.45) is 1.96. The summed E-state index contributed by atoms with van der Waals surface area (Å²) >= 11 is 18.1. The average molecular weight is 405 g/mol. The standard InChI is InChI=1S/C18H20Cl3NO3/c19-13-10-16(20)18(17(21)11-13)24-12-15-4-3-14(25-15)2-1-5-22-6-8-23-9-7-22/h3-4,10-11H,1-2,5-9,12H2. The molecule has 3 rings (SSSR count). The van der Waals surface area contributed by atoms with E-state index >= 15 is 0 Å². The number of hydrogen-bond acceptors (Lipinski definition) is 4. The fourth-order valence-corrected chi connectivity index (χ4v) is 3.67. The number of nitrogens with zero attached hydrogens (tertiary/aromatic N) is 1. The number of benzene rings is 1. The lowest BCUT2D eigenvalue weighted by atomic mass is 10.2. The summed E-state index contributed by atoms with van der Waals surface area (Å²) in [6, 6.07) is 7.11. The number of aryl methyl sites for hydroxylation is 1. The van der Waals surface area contributed by atoms with Crippen LogP contribution in [0.5, 0.6) is 5.75 Å². The van der Waals surface area contributed by atoms with Crippen LogP contribution in [0.15, 0.2) is 28.7 Å². The van der Waals surface area contributed by atoms with Crippen LogP contribution in [0.1, 0.15) is 17.9 Å². The molecule has 0 saturated carbocycles. The molecule has 2 aromatic rings. The highest BCUT2D eigenvalue weighted by Gasteiger charge is 2.12. The van der Waals surface area contributed by atoms with E-state index in [-0.39, 0.29) is 6.61 Å².